The molecule has 0 atom stereocenters. The van der Waals surface area contributed by atoms with Crippen LogP contribution < -0.4 is 10.4 Å². The number of aliphatic hydroxyl groups excluding tert-OH is 1. The molecule has 2 aromatic rings. The van der Waals surface area contributed by atoms with E-state index in [1.54, 1.807) is 0 Å². The van der Waals surface area contributed by atoms with Gasteiger partial charge in [-0.05, 0) is 34.7 Å². The number of hydrogen-bond acceptors (Lipinski definition) is 2. The third-order valence-electron chi connectivity index (χ3n) is 4.85. The molecule has 0 heterocycles. The lowest BCUT2D eigenvalue weighted by Gasteiger charge is -2.43. The maximum atomic E-state index is 13.0. The third-order valence-corrected chi connectivity index (χ3v) is 9.89. The van der Waals surface area contributed by atoms with E-state index in [1.807, 2.05) is 12.1 Å². The van der Waals surface area contributed by atoms with Crippen LogP contribution in [0.2, 0.25) is 5.04 Å². The van der Waals surface area contributed by atoms with Crippen LogP contribution in [0.1, 0.15) is 40.0 Å². The number of aliphatic hydroxyl groups is 1. The lowest BCUT2D eigenvalue weighted by molar-refractivity contribution is 0.287. The molecule has 2 aromatic carbocycles. The molecule has 146 valence electrons. The van der Waals surface area contributed by atoms with E-state index in [0.29, 0.717) is 13.0 Å². The largest absolute Gasteiger partial charge is 0.407 e. The second kappa shape index (κ2) is 9.97. The van der Waals surface area contributed by atoms with Crippen LogP contribution in [0.15, 0.2) is 72.6 Å². The van der Waals surface area contributed by atoms with Crippen molar-refractivity contribution in [3.8, 4) is 0 Å². The summed E-state index contributed by atoms with van der Waals surface area (Å²) in [5, 5.41) is 11.2. The van der Waals surface area contributed by atoms with Crippen molar-refractivity contribution >= 4 is 18.7 Å². The highest BCUT2D eigenvalue weighted by molar-refractivity contribution is 6.99. The lowest BCUT2D eigenvalue weighted by Crippen LogP contribution is -2.66. The molecule has 0 aliphatic carbocycles. The number of unbranched alkanes of at least 4 members (excludes halogenated alkanes) is 2. The lowest BCUT2D eigenvalue weighted by atomic mass is 10.2. The number of rotatable bonds is 9. The van der Waals surface area contributed by atoms with Crippen molar-refractivity contribution in [2.24, 2.45) is 0 Å². The van der Waals surface area contributed by atoms with E-state index in [0.717, 1.165) is 12.8 Å². The molecule has 0 bridgehead atoms. The maximum Gasteiger partial charge on any atom is 0.261 e. The highest BCUT2D eigenvalue weighted by atomic mass is 28.4. The minimum absolute atomic E-state index is 0.0292. The van der Waals surface area contributed by atoms with Crippen molar-refractivity contribution < 1.29 is 13.9 Å². The zero-order valence-electron chi connectivity index (χ0n) is 16.6. The minimum atomic E-state index is -2.47. The van der Waals surface area contributed by atoms with E-state index in [2.05, 4.69) is 69.3 Å². The first kappa shape index (κ1) is 21.5. The summed E-state index contributed by atoms with van der Waals surface area (Å²) < 4.78 is 19.8. The first-order valence-corrected chi connectivity index (χ1v) is 11.5. The van der Waals surface area contributed by atoms with Crippen molar-refractivity contribution in [1.82, 2.24) is 0 Å². The third kappa shape index (κ3) is 5.38. The Labute approximate surface area is 163 Å². The van der Waals surface area contributed by atoms with Gasteiger partial charge in [-0.25, -0.2) is 4.39 Å². The fourth-order valence-electron chi connectivity index (χ4n) is 3.56. The Kier molecular flexibility index (Phi) is 7.96. The molecule has 0 saturated carbocycles. The molecule has 0 saturated heterocycles. The van der Waals surface area contributed by atoms with Crippen LogP contribution >= 0.6 is 0 Å². The summed E-state index contributed by atoms with van der Waals surface area (Å²) in [6, 6.07) is 21.1. The van der Waals surface area contributed by atoms with E-state index in [4.69, 9.17) is 9.53 Å². The Bertz CT molecular complexity index is 669. The molecule has 27 heavy (non-hydrogen) atoms. The average molecular weight is 387 g/mol. The first-order valence-electron chi connectivity index (χ1n) is 9.62. The summed E-state index contributed by atoms with van der Waals surface area (Å²) in [6.07, 6.45) is 3.78. The molecule has 1 N–H and O–H groups in total. The van der Waals surface area contributed by atoms with E-state index < -0.39 is 20.8 Å². The Hall–Kier alpha value is -1.75. The van der Waals surface area contributed by atoms with Gasteiger partial charge in [-0.15, -0.1) is 0 Å². The predicted octanol–water partition coefficient (Wildman–Crippen LogP) is 4.58. The Morgan fingerprint density at radius 2 is 1.48 bits per heavy atom. The van der Waals surface area contributed by atoms with Crippen molar-refractivity contribution in [1.29, 1.82) is 0 Å². The van der Waals surface area contributed by atoms with Crippen LogP contribution in [0.5, 0.6) is 0 Å². The van der Waals surface area contributed by atoms with Gasteiger partial charge in [0.1, 0.15) is 5.83 Å². The fourth-order valence-corrected chi connectivity index (χ4v) is 8.16. The SMILES string of the molecule is CC(C)(C)[Si](OCCCC/C=C(\F)CO)(c1ccccc1)c1ccccc1. The quantitative estimate of drug-likeness (QED) is 0.505. The summed E-state index contributed by atoms with van der Waals surface area (Å²) >= 11 is 0. The number of halogens is 1. The number of benzene rings is 2. The van der Waals surface area contributed by atoms with Crippen molar-refractivity contribution in [2.75, 3.05) is 13.2 Å². The van der Waals surface area contributed by atoms with Crippen LogP contribution in [0.4, 0.5) is 4.39 Å². The molecule has 0 aromatic heterocycles. The molecule has 0 radical (unpaired) electrons. The molecule has 0 spiro atoms. The van der Waals surface area contributed by atoms with Crippen molar-refractivity contribution in [3.63, 3.8) is 0 Å². The van der Waals surface area contributed by atoms with Gasteiger partial charge in [0.25, 0.3) is 8.32 Å². The van der Waals surface area contributed by atoms with E-state index in [9.17, 15) is 4.39 Å². The summed E-state index contributed by atoms with van der Waals surface area (Å²) in [7, 11) is -2.47. The van der Waals surface area contributed by atoms with Gasteiger partial charge >= 0.3 is 0 Å². The molecule has 0 fully saturated rings. The Morgan fingerprint density at radius 3 is 1.93 bits per heavy atom. The summed E-state index contributed by atoms with van der Waals surface area (Å²) in [4.78, 5) is 0. The first-order chi connectivity index (χ1) is 12.9. The average Bonchev–Trinajstić information content (AvgIpc) is 2.67. The monoisotopic (exact) mass is 386 g/mol. The van der Waals surface area contributed by atoms with Gasteiger partial charge in [0.2, 0.25) is 0 Å². The van der Waals surface area contributed by atoms with Crippen LogP contribution in [-0.4, -0.2) is 26.6 Å². The molecular weight excluding hydrogens is 355 g/mol. The number of allylic oxidation sites excluding steroid dienone is 1. The summed E-state index contributed by atoms with van der Waals surface area (Å²) in [5.41, 5.74) is 0. The smallest absolute Gasteiger partial charge is 0.261 e. The van der Waals surface area contributed by atoms with Gasteiger partial charge < -0.3 is 9.53 Å². The van der Waals surface area contributed by atoms with Gasteiger partial charge in [0, 0.05) is 6.61 Å². The molecule has 0 unspecified atom stereocenters. The van der Waals surface area contributed by atoms with Crippen molar-refractivity contribution in [2.45, 2.75) is 45.1 Å². The van der Waals surface area contributed by atoms with Crippen molar-refractivity contribution in [3.05, 3.63) is 72.6 Å². The molecule has 0 amide bonds. The second-order valence-corrected chi connectivity index (χ2v) is 12.1. The second-order valence-electron chi connectivity index (χ2n) is 7.82. The van der Waals surface area contributed by atoms with Gasteiger partial charge in [0.15, 0.2) is 0 Å². The van der Waals surface area contributed by atoms with Gasteiger partial charge in [0.05, 0.1) is 6.61 Å². The minimum Gasteiger partial charge on any atom is -0.407 e. The summed E-state index contributed by atoms with van der Waals surface area (Å²) in [5.74, 6) is -0.456. The number of hydrogen-bond donors (Lipinski definition) is 1. The Balaban J connectivity index is 2.25. The highest BCUT2D eigenvalue weighted by Gasteiger charge is 2.49. The molecular formula is C23H31FO2Si. The zero-order chi connectivity index (χ0) is 19.8. The molecule has 0 aliphatic rings. The van der Waals surface area contributed by atoms with Gasteiger partial charge in [-0.1, -0.05) is 87.5 Å². The predicted molar refractivity (Wildman–Crippen MR) is 114 cm³/mol. The molecule has 0 aliphatic heterocycles. The Morgan fingerprint density at radius 1 is 0.963 bits per heavy atom. The molecule has 2 rings (SSSR count). The summed E-state index contributed by atoms with van der Waals surface area (Å²) in [6.45, 7) is 6.91. The standard InChI is InChI=1S/C23H31FO2Si/c1-23(2,3)27(21-14-8-4-9-15-21,22-16-10-5-11-17-22)26-18-12-6-7-13-20(24)19-25/h4-5,8-11,13-17,25H,6-7,12,18-19H2,1-3H3/b20-13-. The van der Waals surface area contributed by atoms with Crippen LogP contribution in [0.3, 0.4) is 0 Å². The topological polar surface area (TPSA) is 29.5 Å². The van der Waals surface area contributed by atoms with Crippen LogP contribution in [-0.2, 0) is 4.43 Å². The van der Waals surface area contributed by atoms with E-state index >= 15 is 0 Å². The van der Waals surface area contributed by atoms with Crippen LogP contribution in [0.25, 0.3) is 0 Å². The maximum absolute atomic E-state index is 13.0. The zero-order valence-corrected chi connectivity index (χ0v) is 17.6. The normalized spacial score (nSPS) is 13.0. The van der Waals surface area contributed by atoms with E-state index in [-0.39, 0.29) is 5.04 Å². The molecule has 2 nitrogen and oxygen atoms in total. The van der Waals surface area contributed by atoms with Gasteiger partial charge in [-0.3, -0.25) is 0 Å². The van der Waals surface area contributed by atoms with Gasteiger partial charge in [-0.2, -0.15) is 0 Å². The molecule has 4 heteroatoms. The fraction of sp³-hybridized carbons (Fsp3) is 0.391. The highest BCUT2D eigenvalue weighted by Crippen LogP contribution is 2.36. The van der Waals surface area contributed by atoms with E-state index in [1.165, 1.54) is 16.4 Å². The van der Waals surface area contributed by atoms with Crippen LogP contribution in [0, 0.1) is 0 Å².